The predicted molar refractivity (Wildman–Crippen MR) is 103 cm³/mol. The molecule has 2 aromatic carbocycles. The summed E-state index contributed by atoms with van der Waals surface area (Å²) in [6.45, 7) is 0.525. The Labute approximate surface area is 164 Å². The van der Waals surface area contributed by atoms with Crippen molar-refractivity contribution in [1.82, 2.24) is 4.90 Å². The highest BCUT2D eigenvalue weighted by Gasteiger charge is 2.37. The molecule has 2 atom stereocenters. The third-order valence-electron chi connectivity index (χ3n) is 4.88. The van der Waals surface area contributed by atoms with Crippen LogP contribution in [0.5, 0.6) is 17.2 Å². The van der Waals surface area contributed by atoms with Crippen molar-refractivity contribution >= 4 is 5.91 Å². The molecule has 1 aliphatic rings. The first-order valence-electron chi connectivity index (χ1n) is 9.03. The number of amides is 1. The van der Waals surface area contributed by atoms with Gasteiger partial charge in [-0.3, -0.25) is 4.79 Å². The summed E-state index contributed by atoms with van der Waals surface area (Å²) in [5, 5.41) is 9.88. The molecule has 1 aliphatic heterocycles. The zero-order valence-corrected chi connectivity index (χ0v) is 16.3. The van der Waals surface area contributed by atoms with Gasteiger partial charge in [0.05, 0.1) is 46.1 Å². The third kappa shape index (κ3) is 3.76. The minimum absolute atomic E-state index is 0.181. The molecular weight excluding hydrogens is 362 g/mol. The van der Waals surface area contributed by atoms with Gasteiger partial charge in [-0.15, -0.1) is 0 Å². The molecule has 0 bridgehead atoms. The SMILES string of the molecule is COc1ccc(C2C(CO)OCCN2C(=O)c2ccccc2OC)cc1OC. The smallest absolute Gasteiger partial charge is 0.258 e. The van der Waals surface area contributed by atoms with Crippen molar-refractivity contribution in [1.29, 1.82) is 0 Å². The van der Waals surface area contributed by atoms with Crippen molar-refractivity contribution in [2.75, 3.05) is 41.1 Å². The summed E-state index contributed by atoms with van der Waals surface area (Å²) in [5.41, 5.74) is 1.26. The Morgan fingerprint density at radius 2 is 1.79 bits per heavy atom. The molecule has 0 aromatic heterocycles. The second-order valence-corrected chi connectivity index (χ2v) is 6.35. The van der Waals surface area contributed by atoms with Crippen molar-refractivity contribution in [2.45, 2.75) is 12.1 Å². The summed E-state index contributed by atoms with van der Waals surface area (Å²) >= 11 is 0. The molecule has 2 unspecified atom stereocenters. The first kappa shape index (κ1) is 20.0. The lowest BCUT2D eigenvalue weighted by atomic mass is 9.96. The quantitative estimate of drug-likeness (QED) is 0.820. The van der Waals surface area contributed by atoms with Crippen LogP contribution in [-0.4, -0.2) is 63.1 Å². The second kappa shape index (κ2) is 8.95. The van der Waals surface area contributed by atoms with E-state index in [1.807, 2.05) is 18.2 Å². The van der Waals surface area contributed by atoms with E-state index in [4.69, 9.17) is 18.9 Å². The van der Waals surface area contributed by atoms with Crippen LogP contribution in [0.15, 0.2) is 42.5 Å². The number of para-hydroxylation sites is 1. The lowest BCUT2D eigenvalue weighted by molar-refractivity contribution is -0.0812. The summed E-state index contributed by atoms with van der Waals surface area (Å²) in [4.78, 5) is 15.1. The number of rotatable bonds is 6. The van der Waals surface area contributed by atoms with Crippen molar-refractivity contribution in [3.63, 3.8) is 0 Å². The molecule has 0 saturated carbocycles. The highest BCUT2D eigenvalue weighted by atomic mass is 16.5. The van der Waals surface area contributed by atoms with E-state index in [0.717, 1.165) is 5.56 Å². The zero-order valence-electron chi connectivity index (χ0n) is 16.3. The number of ether oxygens (including phenoxy) is 4. The van der Waals surface area contributed by atoms with Gasteiger partial charge in [-0.25, -0.2) is 0 Å². The van der Waals surface area contributed by atoms with Crippen LogP contribution in [0.3, 0.4) is 0 Å². The summed E-state index contributed by atoms with van der Waals surface area (Å²) in [6.07, 6.45) is -0.550. The van der Waals surface area contributed by atoms with Gasteiger partial charge in [0.15, 0.2) is 11.5 Å². The first-order chi connectivity index (χ1) is 13.6. The van der Waals surface area contributed by atoms with Crippen LogP contribution < -0.4 is 14.2 Å². The van der Waals surface area contributed by atoms with Gasteiger partial charge in [-0.1, -0.05) is 18.2 Å². The van der Waals surface area contributed by atoms with E-state index in [-0.39, 0.29) is 12.5 Å². The number of aliphatic hydroxyl groups excluding tert-OH is 1. The number of hydrogen-bond acceptors (Lipinski definition) is 6. The van der Waals surface area contributed by atoms with Crippen molar-refractivity contribution < 1.29 is 28.8 Å². The fourth-order valence-corrected chi connectivity index (χ4v) is 3.52. The second-order valence-electron chi connectivity index (χ2n) is 6.35. The number of carbonyl (C=O) groups is 1. The third-order valence-corrected chi connectivity index (χ3v) is 4.88. The van der Waals surface area contributed by atoms with Crippen LogP contribution in [-0.2, 0) is 4.74 Å². The van der Waals surface area contributed by atoms with E-state index in [9.17, 15) is 9.90 Å². The number of nitrogens with zero attached hydrogens (tertiary/aromatic N) is 1. The Bertz CT molecular complexity index is 824. The predicted octanol–water partition coefficient (Wildman–Crippen LogP) is 2.29. The van der Waals surface area contributed by atoms with E-state index in [0.29, 0.717) is 36.0 Å². The lowest BCUT2D eigenvalue weighted by Gasteiger charge is -2.41. The van der Waals surface area contributed by atoms with Crippen molar-refractivity contribution in [2.24, 2.45) is 0 Å². The largest absolute Gasteiger partial charge is 0.496 e. The minimum Gasteiger partial charge on any atom is -0.496 e. The molecule has 0 aliphatic carbocycles. The molecule has 0 spiro atoms. The molecule has 150 valence electrons. The number of morpholine rings is 1. The summed E-state index contributed by atoms with van der Waals surface area (Å²) in [6, 6.07) is 12.1. The molecule has 1 fully saturated rings. The van der Waals surface area contributed by atoms with Gasteiger partial charge in [0.1, 0.15) is 11.9 Å². The van der Waals surface area contributed by atoms with Crippen LogP contribution in [0.2, 0.25) is 0 Å². The highest BCUT2D eigenvalue weighted by Crippen LogP contribution is 2.37. The van der Waals surface area contributed by atoms with Gasteiger partial charge in [-0.05, 0) is 29.8 Å². The number of aliphatic hydroxyl groups is 1. The van der Waals surface area contributed by atoms with Crippen LogP contribution in [0.1, 0.15) is 22.0 Å². The normalized spacial score (nSPS) is 19.2. The molecule has 28 heavy (non-hydrogen) atoms. The highest BCUT2D eigenvalue weighted by molar-refractivity contribution is 5.97. The first-order valence-corrected chi connectivity index (χ1v) is 9.03. The fraction of sp³-hybridized carbons (Fsp3) is 0.381. The molecule has 1 saturated heterocycles. The molecule has 0 radical (unpaired) electrons. The lowest BCUT2D eigenvalue weighted by Crippen LogP contribution is -2.49. The van der Waals surface area contributed by atoms with E-state index in [1.54, 1.807) is 43.4 Å². The Morgan fingerprint density at radius 3 is 2.46 bits per heavy atom. The molecule has 7 heteroatoms. The van der Waals surface area contributed by atoms with Crippen LogP contribution >= 0.6 is 0 Å². The number of benzene rings is 2. The minimum atomic E-state index is -0.550. The maximum atomic E-state index is 13.4. The van der Waals surface area contributed by atoms with Crippen LogP contribution in [0.25, 0.3) is 0 Å². The Balaban J connectivity index is 2.03. The van der Waals surface area contributed by atoms with Gasteiger partial charge in [-0.2, -0.15) is 0 Å². The van der Waals surface area contributed by atoms with E-state index in [1.165, 1.54) is 7.11 Å². The average molecular weight is 387 g/mol. The number of hydrogen-bond donors (Lipinski definition) is 1. The van der Waals surface area contributed by atoms with Gasteiger partial charge in [0.2, 0.25) is 0 Å². The van der Waals surface area contributed by atoms with E-state index < -0.39 is 12.1 Å². The Kier molecular flexibility index (Phi) is 6.38. The summed E-state index contributed by atoms with van der Waals surface area (Å²) in [5.74, 6) is 1.46. The number of methoxy groups -OCH3 is 3. The fourth-order valence-electron chi connectivity index (χ4n) is 3.52. The molecular formula is C21H25NO6. The van der Waals surface area contributed by atoms with Gasteiger partial charge < -0.3 is 29.0 Å². The molecule has 1 heterocycles. The van der Waals surface area contributed by atoms with Crippen molar-refractivity contribution in [3.8, 4) is 17.2 Å². The Hall–Kier alpha value is -2.77. The monoisotopic (exact) mass is 387 g/mol. The summed E-state index contributed by atoms with van der Waals surface area (Å²) < 4.78 is 21.8. The summed E-state index contributed by atoms with van der Waals surface area (Å²) in [7, 11) is 4.66. The van der Waals surface area contributed by atoms with E-state index in [2.05, 4.69) is 0 Å². The van der Waals surface area contributed by atoms with E-state index >= 15 is 0 Å². The standard InChI is InChI=1S/C21H25NO6/c1-25-16-7-5-4-6-15(16)21(24)22-10-11-28-19(13-23)20(22)14-8-9-17(26-2)18(12-14)27-3/h4-9,12,19-20,23H,10-11,13H2,1-3H3. The van der Waals surface area contributed by atoms with Gasteiger partial charge >= 0.3 is 0 Å². The van der Waals surface area contributed by atoms with Gasteiger partial charge in [0.25, 0.3) is 5.91 Å². The number of carbonyl (C=O) groups excluding carboxylic acids is 1. The molecule has 3 rings (SSSR count). The molecule has 1 amide bonds. The molecule has 2 aromatic rings. The topological polar surface area (TPSA) is 77.5 Å². The van der Waals surface area contributed by atoms with Gasteiger partial charge in [0, 0.05) is 6.54 Å². The molecule has 7 nitrogen and oxygen atoms in total. The maximum absolute atomic E-state index is 13.4. The zero-order chi connectivity index (χ0) is 20.1. The molecule has 1 N–H and O–H groups in total. The average Bonchev–Trinajstić information content (AvgIpc) is 2.77. The van der Waals surface area contributed by atoms with Crippen LogP contribution in [0.4, 0.5) is 0 Å². The van der Waals surface area contributed by atoms with Crippen LogP contribution in [0, 0.1) is 0 Å². The Morgan fingerprint density at radius 1 is 1.07 bits per heavy atom. The van der Waals surface area contributed by atoms with Crippen molar-refractivity contribution in [3.05, 3.63) is 53.6 Å². The maximum Gasteiger partial charge on any atom is 0.258 e.